The van der Waals surface area contributed by atoms with E-state index in [1.54, 1.807) is 0 Å². The van der Waals surface area contributed by atoms with E-state index < -0.39 is 0 Å². The predicted molar refractivity (Wildman–Crippen MR) is 70.6 cm³/mol. The zero-order valence-corrected chi connectivity index (χ0v) is 11.6. The Labute approximate surface area is 107 Å². The number of nitrogens with one attached hydrogen (secondary N) is 1. The van der Waals surface area contributed by atoms with Crippen LogP contribution in [0, 0.1) is 0 Å². The fourth-order valence-corrected chi connectivity index (χ4v) is 3.45. The first-order chi connectivity index (χ1) is 8.33. The Morgan fingerprint density at radius 1 is 1.29 bits per heavy atom. The molecule has 1 N–H and O–H groups in total. The van der Waals surface area contributed by atoms with E-state index in [-0.39, 0.29) is 15.0 Å². The van der Waals surface area contributed by atoms with E-state index in [2.05, 4.69) is 37.4 Å². The van der Waals surface area contributed by atoms with Gasteiger partial charge in [-0.1, -0.05) is 0 Å². The van der Waals surface area contributed by atoms with Crippen molar-refractivity contribution in [1.29, 1.82) is 0 Å². The number of benzene rings is 1. The van der Waals surface area contributed by atoms with Crippen molar-refractivity contribution in [2.45, 2.75) is 18.9 Å². The fourth-order valence-electron chi connectivity index (χ4n) is 2.30. The summed E-state index contributed by atoms with van der Waals surface area (Å²) in [5, 5.41) is 3.63. The molecule has 4 nitrogen and oxygen atoms in total. The summed E-state index contributed by atoms with van der Waals surface area (Å²) in [4.78, 5) is 2.39. The van der Waals surface area contributed by atoms with Crippen molar-refractivity contribution < 1.29 is 0 Å². The molecule has 0 aliphatic carbocycles. The monoisotopic (exact) mass is 296 g/mol. The van der Waals surface area contributed by atoms with Gasteiger partial charge in [0.2, 0.25) is 0 Å². The van der Waals surface area contributed by atoms with Crippen molar-refractivity contribution in [3.63, 3.8) is 0 Å². The van der Waals surface area contributed by atoms with Crippen molar-refractivity contribution in [2.75, 3.05) is 25.5 Å². The topological polar surface area (TPSA) is 41.0 Å². The van der Waals surface area contributed by atoms with Crippen LogP contribution in [0.5, 0.6) is 0 Å². The minimum absolute atomic E-state index is 0.0624. The number of fused-ring (bicyclic) bond motifs is 1. The van der Waals surface area contributed by atoms with Crippen LogP contribution in [0.25, 0.3) is 11.0 Å². The van der Waals surface area contributed by atoms with Gasteiger partial charge in [0.05, 0.1) is 0 Å². The summed E-state index contributed by atoms with van der Waals surface area (Å²) < 4.78 is 8.92. The summed E-state index contributed by atoms with van der Waals surface area (Å²) in [6.07, 6.45) is 2.42. The molecule has 0 spiro atoms. The maximum atomic E-state index is 4.50. The van der Waals surface area contributed by atoms with E-state index in [4.69, 9.17) is 0 Å². The second kappa shape index (κ2) is 4.76. The molecule has 5 heteroatoms. The summed E-state index contributed by atoms with van der Waals surface area (Å²) in [5.74, 6) is 0. The first kappa shape index (κ1) is 11.2. The molecule has 0 saturated carbocycles. The van der Waals surface area contributed by atoms with E-state index in [9.17, 15) is 0 Å². The van der Waals surface area contributed by atoms with Gasteiger partial charge in [-0.05, 0) is 0 Å². The van der Waals surface area contributed by atoms with Gasteiger partial charge in [0.15, 0.2) is 0 Å². The molecule has 17 heavy (non-hydrogen) atoms. The van der Waals surface area contributed by atoms with Gasteiger partial charge in [0.1, 0.15) is 0 Å². The molecule has 0 bridgehead atoms. The van der Waals surface area contributed by atoms with Crippen LogP contribution < -0.4 is 5.32 Å². The minimum atomic E-state index is 0.0624. The second-order valence-electron chi connectivity index (χ2n) is 4.66. The number of nitrogens with zero attached hydrogens (tertiary/aromatic N) is 3. The molecule has 1 saturated heterocycles. The van der Waals surface area contributed by atoms with Crippen LogP contribution in [0.3, 0.4) is 0 Å². The van der Waals surface area contributed by atoms with Crippen LogP contribution >= 0.6 is 0 Å². The van der Waals surface area contributed by atoms with Crippen molar-refractivity contribution in [2.24, 2.45) is 0 Å². The molecular weight excluding hydrogens is 279 g/mol. The Hall–Kier alpha value is -0.901. The average Bonchev–Trinajstić information content (AvgIpc) is 2.81. The van der Waals surface area contributed by atoms with Crippen LogP contribution in [0.2, 0.25) is 0 Å². The molecule has 2 aromatic rings. The van der Waals surface area contributed by atoms with Crippen LogP contribution in [0.4, 0.5) is 5.69 Å². The van der Waals surface area contributed by atoms with Crippen molar-refractivity contribution in [3.8, 4) is 0 Å². The molecule has 2 heterocycles. The van der Waals surface area contributed by atoms with E-state index in [0.717, 1.165) is 11.0 Å². The zero-order chi connectivity index (χ0) is 11.7. The average molecular weight is 295 g/mol. The molecule has 0 radical (unpaired) electrons. The number of rotatable bonds is 2. The predicted octanol–water partition coefficient (Wildman–Crippen LogP) is 1.19. The third-order valence-corrected chi connectivity index (χ3v) is 4.50. The Morgan fingerprint density at radius 2 is 2.12 bits per heavy atom. The van der Waals surface area contributed by atoms with E-state index in [1.807, 2.05) is 6.07 Å². The van der Waals surface area contributed by atoms with Crippen LogP contribution in [0.1, 0.15) is 12.8 Å². The van der Waals surface area contributed by atoms with Gasteiger partial charge in [-0.2, -0.15) is 0 Å². The summed E-state index contributed by atoms with van der Waals surface area (Å²) in [6.45, 7) is 2.36. The van der Waals surface area contributed by atoms with Crippen molar-refractivity contribution in [1.82, 2.24) is 12.9 Å². The zero-order valence-electron chi connectivity index (χ0n) is 9.89. The van der Waals surface area contributed by atoms with E-state index >= 15 is 0 Å². The normalized spacial score (nSPS) is 18.6. The first-order valence-corrected chi connectivity index (χ1v) is 7.52. The first-order valence-electron chi connectivity index (χ1n) is 5.99. The Bertz CT molecular complexity index is 502. The number of hydrogen-bond acceptors (Lipinski definition) is 4. The van der Waals surface area contributed by atoms with Gasteiger partial charge < -0.3 is 0 Å². The molecule has 90 valence electrons. The van der Waals surface area contributed by atoms with Crippen LogP contribution in [-0.2, 0) is 0 Å². The van der Waals surface area contributed by atoms with E-state index in [1.165, 1.54) is 31.6 Å². The van der Waals surface area contributed by atoms with Gasteiger partial charge in [0.25, 0.3) is 0 Å². The molecule has 1 aliphatic heterocycles. The summed E-state index contributed by atoms with van der Waals surface area (Å²) in [6, 6.07) is 6.82. The molecule has 1 fully saturated rings. The van der Waals surface area contributed by atoms with Crippen molar-refractivity contribution in [3.05, 3.63) is 18.2 Å². The van der Waals surface area contributed by atoms with Gasteiger partial charge >= 0.3 is 107 Å². The molecule has 0 amide bonds. The SMILES string of the molecule is CN1CCC(Nc2cccc3n[se]nc23)CC1. The molecule has 1 aromatic carbocycles. The molecular formula is C12H16N4Se. The number of hydrogen-bond donors (Lipinski definition) is 1. The molecule has 0 atom stereocenters. The summed E-state index contributed by atoms with van der Waals surface area (Å²) in [7, 11) is 2.19. The van der Waals surface area contributed by atoms with E-state index in [0.29, 0.717) is 6.04 Å². The molecule has 1 aliphatic rings. The Morgan fingerprint density at radius 3 is 2.94 bits per heavy atom. The quantitative estimate of drug-likeness (QED) is 0.845. The third kappa shape index (κ3) is 2.36. The second-order valence-corrected chi connectivity index (χ2v) is 5.77. The number of likely N-dealkylation sites (tertiary alicyclic amines) is 1. The maximum absolute atomic E-state index is 4.50. The fraction of sp³-hybridized carbons (Fsp3) is 0.500. The van der Waals surface area contributed by atoms with Gasteiger partial charge in [0, 0.05) is 0 Å². The number of piperidine rings is 1. The van der Waals surface area contributed by atoms with Crippen LogP contribution in [0.15, 0.2) is 18.2 Å². The van der Waals surface area contributed by atoms with Gasteiger partial charge in [-0.25, -0.2) is 0 Å². The van der Waals surface area contributed by atoms with Gasteiger partial charge in [-0.15, -0.1) is 0 Å². The number of aromatic nitrogens is 2. The van der Waals surface area contributed by atoms with Crippen LogP contribution in [-0.4, -0.2) is 54.0 Å². The molecule has 3 rings (SSSR count). The van der Waals surface area contributed by atoms with Crippen molar-refractivity contribution >= 4 is 31.7 Å². The summed E-state index contributed by atoms with van der Waals surface area (Å²) in [5.41, 5.74) is 3.30. The Kier molecular flexibility index (Phi) is 3.14. The third-order valence-electron chi connectivity index (χ3n) is 3.36. The molecule has 0 unspecified atom stereocenters. The Balaban J connectivity index is 1.78. The standard InChI is InChI=1S/C12H16N4Se/c1-16-7-5-9(6-8-16)13-10-3-2-4-11-12(10)15-17-14-11/h2-4,9,13H,5-8H2,1H3. The number of anilines is 1. The van der Waals surface area contributed by atoms with Gasteiger partial charge in [-0.3, -0.25) is 0 Å². The molecule has 1 aromatic heterocycles. The summed E-state index contributed by atoms with van der Waals surface area (Å²) >= 11 is 0.0624.